The van der Waals surface area contributed by atoms with Gasteiger partial charge in [-0.2, -0.15) is 0 Å². The number of rotatable bonds is 0. The molecule has 2 nitrogen and oxygen atoms in total. The number of nitrogens with zero attached hydrogens (tertiary/aromatic N) is 2. The van der Waals surface area contributed by atoms with Crippen molar-refractivity contribution in [3.05, 3.63) is 0 Å². The highest BCUT2D eigenvalue weighted by Gasteiger charge is 2.14. The lowest BCUT2D eigenvalue weighted by atomic mass is 10.1. The molecule has 2 fully saturated rings. The van der Waals surface area contributed by atoms with Gasteiger partial charge in [0.1, 0.15) is 6.17 Å². The number of piperidine rings is 2. The molecule has 1 atom stereocenters. The van der Waals surface area contributed by atoms with Gasteiger partial charge in [0.25, 0.3) is 0 Å². The maximum Gasteiger partial charge on any atom is 0.113 e. The molecule has 0 spiro atoms. The molecule has 0 aromatic carbocycles. The predicted octanol–water partition coefficient (Wildman–Crippen LogP) is 2.15. The summed E-state index contributed by atoms with van der Waals surface area (Å²) < 4.78 is 12.4. The third kappa shape index (κ3) is 6.10. The van der Waals surface area contributed by atoms with Gasteiger partial charge in [-0.3, -0.25) is 0 Å². The first-order valence-corrected chi connectivity index (χ1v) is 6.19. The average Bonchev–Trinajstić information content (AvgIpc) is 2.19. The summed E-state index contributed by atoms with van der Waals surface area (Å²) in [7, 11) is 4.16. The van der Waals surface area contributed by atoms with Crippen LogP contribution in [0.25, 0.3) is 0 Å². The van der Waals surface area contributed by atoms with Crippen LogP contribution in [-0.4, -0.2) is 56.2 Å². The number of likely N-dealkylation sites (tertiary alicyclic amines) is 2. The first-order valence-electron chi connectivity index (χ1n) is 6.19. The van der Waals surface area contributed by atoms with Crippen molar-refractivity contribution >= 4 is 0 Å². The van der Waals surface area contributed by atoms with Gasteiger partial charge in [-0.1, -0.05) is 6.42 Å². The van der Waals surface area contributed by atoms with Gasteiger partial charge in [-0.25, -0.2) is 4.39 Å². The summed E-state index contributed by atoms with van der Waals surface area (Å²) in [5, 5.41) is 0. The summed E-state index contributed by atoms with van der Waals surface area (Å²) in [6, 6.07) is 0. The topological polar surface area (TPSA) is 6.48 Å². The molecule has 0 saturated carbocycles. The summed E-state index contributed by atoms with van der Waals surface area (Å²) in [5.74, 6) is 0. The first kappa shape index (κ1) is 12.9. The Kier molecular flexibility index (Phi) is 6.18. The van der Waals surface area contributed by atoms with Crippen molar-refractivity contribution in [2.24, 2.45) is 0 Å². The van der Waals surface area contributed by atoms with E-state index in [0.29, 0.717) is 6.54 Å². The molecule has 0 aliphatic carbocycles. The number of halogens is 1. The molecular formula is C12H25FN2. The largest absolute Gasteiger partial charge is 0.306 e. The zero-order valence-electron chi connectivity index (χ0n) is 10.2. The minimum atomic E-state index is -0.561. The van der Waals surface area contributed by atoms with Crippen LogP contribution in [0.4, 0.5) is 4.39 Å². The second-order valence-electron chi connectivity index (χ2n) is 4.87. The molecule has 0 amide bonds. The van der Waals surface area contributed by atoms with Gasteiger partial charge in [0.2, 0.25) is 0 Å². The lowest BCUT2D eigenvalue weighted by Crippen LogP contribution is -2.32. The van der Waals surface area contributed by atoms with E-state index in [1.54, 1.807) is 0 Å². The molecule has 0 aromatic rings. The first-order chi connectivity index (χ1) is 7.18. The molecule has 2 rings (SSSR count). The van der Waals surface area contributed by atoms with E-state index in [4.69, 9.17) is 0 Å². The van der Waals surface area contributed by atoms with Crippen molar-refractivity contribution in [1.82, 2.24) is 9.80 Å². The molecule has 2 aliphatic heterocycles. The van der Waals surface area contributed by atoms with Crippen molar-refractivity contribution in [3.8, 4) is 0 Å². The Hall–Kier alpha value is -0.150. The van der Waals surface area contributed by atoms with E-state index in [1.165, 1.54) is 32.4 Å². The van der Waals surface area contributed by atoms with E-state index in [0.717, 1.165) is 19.4 Å². The van der Waals surface area contributed by atoms with Gasteiger partial charge < -0.3 is 9.80 Å². The molecule has 90 valence electrons. The fraction of sp³-hybridized carbons (Fsp3) is 1.00. The summed E-state index contributed by atoms with van der Waals surface area (Å²) in [6.45, 7) is 4.35. The maximum absolute atomic E-state index is 12.4. The molecule has 0 N–H and O–H groups in total. The third-order valence-corrected chi connectivity index (χ3v) is 3.15. The minimum absolute atomic E-state index is 0.561. The fourth-order valence-corrected chi connectivity index (χ4v) is 2.16. The molecule has 3 heteroatoms. The summed E-state index contributed by atoms with van der Waals surface area (Å²) in [4.78, 5) is 4.43. The van der Waals surface area contributed by atoms with Gasteiger partial charge in [0.15, 0.2) is 0 Å². The molecule has 2 heterocycles. The van der Waals surface area contributed by atoms with Crippen LogP contribution in [0.5, 0.6) is 0 Å². The molecule has 0 bridgehead atoms. The average molecular weight is 216 g/mol. The van der Waals surface area contributed by atoms with Crippen LogP contribution in [0.1, 0.15) is 32.1 Å². The highest BCUT2D eigenvalue weighted by atomic mass is 19.1. The van der Waals surface area contributed by atoms with Crippen LogP contribution >= 0.6 is 0 Å². The van der Waals surface area contributed by atoms with Crippen molar-refractivity contribution in [2.45, 2.75) is 38.3 Å². The Morgan fingerprint density at radius 1 is 0.867 bits per heavy atom. The lowest BCUT2D eigenvalue weighted by molar-refractivity contribution is 0.163. The zero-order chi connectivity index (χ0) is 11.1. The smallest absolute Gasteiger partial charge is 0.113 e. The van der Waals surface area contributed by atoms with Crippen molar-refractivity contribution in [3.63, 3.8) is 0 Å². The van der Waals surface area contributed by atoms with E-state index in [-0.39, 0.29) is 0 Å². The third-order valence-electron chi connectivity index (χ3n) is 3.15. The SMILES string of the molecule is CN1CCCC(F)C1.CN1CCCCC1. The van der Waals surface area contributed by atoms with Crippen LogP contribution in [0.15, 0.2) is 0 Å². The zero-order valence-corrected chi connectivity index (χ0v) is 10.2. The van der Waals surface area contributed by atoms with Crippen LogP contribution in [0.2, 0.25) is 0 Å². The second-order valence-corrected chi connectivity index (χ2v) is 4.87. The summed E-state index contributed by atoms with van der Waals surface area (Å²) in [5.41, 5.74) is 0. The van der Waals surface area contributed by atoms with Gasteiger partial charge in [0.05, 0.1) is 0 Å². The van der Waals surface area contributed by atoms with Crippen LogP contribution in [0, 0.1) is 0 Å². The highest BCUT2D eigenvalue weighted by molar-refractivity contribution is 4.68. The van der Waals surface area contributed by atoms with Gasteiger partial charge in [-0.15, -0.1) is 0 Å². The monoisotopic (exact) mass is 216 g/mol. The van der Waals surface area contributed by atoms with E-state index in [9.17, 15) is 4.39 Å². The molecular weight excluding hydrogens is 191 g/mol. The van der Waals surface area contributed by atoms with Crippen molar-refractivity contribution in [1.29, 1.82) is 0 Å². The molecule has 2 aliphatic rings. The summed E-state index contributed by atoms with van der Waals surface area (Å²) >= 11 is 0. The Morgan fingerprint density at radius 2 is 1.47 bits per heavy atom. The van der Waals surface area contributed by atoms with E-state index >= 15 is 0 Å². The van der Waals surface area contributed by atoms with Crippen LogP contribution in [0.3, 0.4) is 0 Å². The Balaban J connectivity index is 0.000000151. The molecule has 0 radical (unpaired) electrons. The van der Waals surface area contributed by atoms with Crippen molar-refractivity contribution in [2.75, 3.05) is 40.3 Å². The lowest BCUT2D eigenvalue weighted by Gasteiger charge is -2.24. The van der Waals surface area contributed by atoms with E-state index in [1.807, 2.05) is 11.9 Å². The van der Waals surface area contributed by atoms with Crippen LogP contribution < -0.4 is 0 Å². The van der Waals surface area contributed by atoms with Gasteiger partial charge in [-0.05, 0) is 59.4 Å². The molecule has 1 unspecified atom stereocenters. The minimum Gasteiger partial charge on any atom is -0.306 e. The van der Waals surface area contributed by atoms with Gasteiger partial charge >= 0.3 is 0 Å². The van der Waals surface area contributed by atoms with Gasteiger partial charge in [0, 0.05) is 6.54 Å². The van der Waals surface area contributed by atoms with E-state index in [2.05, 4.69) is 11.9 Å². The Bertz CT molecular complexity index is 150. The number of alkyl halides is 1. The van der Waals surface area contributed by atoms with Crippen molar-refractivity contribution < 1.29 is 4.39 Å². The normalized spacial score (nSPS) is 29.4. The highest BCUT2D eigenvalue weighted by Crippen LogP contribution is 2.10. The predicted molar refractivity (Wildman–Crippen MR) is 63.0 cm³/mol. The summed E-state index contributed by atoms with van der Waals surface area (Å²) in [6.07, 6.45) is 5.51. The van der Waals surface area contributed by atoms with Crippen LogP contribution in [-0.2, 0) is 0 Å². The fourth-order valence-electron chi connectivity index (χ4n) is 2.16. The number of hydrogen-bond donors (Lipinski definition) is 0. The quantitative estimate of drug-likeness (QED) is 0.612. The standard InChI is InChI=1S/C6H12FN.C6H13N/c1-8-4-2-3-6(7)5-8;1-7-5-3-2-4-6-7/h6H,2-5H2,1H3;2-6H2,1H3. The molecule has 2 saturated heterocycles. The molecule has 15 heavy (non-hydrogen) atoms. The Morgan fingerprint density at radius 3 is 1.80 bits per heavy atom. The molecule has 0 aromatic heterocycles. The van der Waals surface area contributed by atoms with E-state index < -0.39 is 6.17 Å². The number of hydrogen-bond acceptors (Lipinski definition) is 2. The second kappa shape index (κ2) is 7.18. The maximum atomic E-state index is 12.4. The Labute approximate surface area is 93.4 Å².